The number of nitrogens with zero attached hydrogens (tertiary/aromatic N) is 2. The molecule has 106 valence electrons. The Kier molecular flexibility index (Phi) is 3.88. The van der Waals surface area contributed by atoms with Gasteiger partial charge in [-0.3, -0.25) is 9.78 Å². The van der Waals surface area contributed by atoms with Gasteiger partial charge < -0.3 is 0 Å². The summed E-state index contributed by atoms with van der Waals surface area (Å²) in [4.78, 5) is 20.4. The van der Waals surface area contributed by atoms with Crippen LogP contribution >= 0.6 is 0 Å². The number of allylic oxidation sites excluding steroid dienone is 2. The molecule has 0 radical (unpaired) electrons. The first-order valence-electron chi connectivity index (χ1n) is 6.93. The Labute approximate surface area is 128 Å². The average molecular weight is 286 g/mol. The van der Waals surface area contributed by atoms with Gasteiger partial charge in [0.1, 0.15) is 0 Å². The van der Waals surface area contributed by atoms with Crippen molar-refractivity contribution in [3.8, 4) is 0 Å². The Morgan fingerprint density at radius 1 is 0.955 bits per heavy atom. The molecule has 22 heavy (non-hydrogen) atoms. The fourth-order valence-electron chi connectivity index (χ4n) is 2.35. The maximum absolute atomic E-state index is 11.4. The molecule has 0 aliphatic rings. The first-order chi connectivity index (χ1) is 10.8. The number of aromatic nitrogens is 2. The Bertz CT molecular complexity index is 857. The lowest BCUT2D eigenvalue weighted by Gasteiger charge is -2.09. The topological polar surface area (TPSA) is 42.9 Å². The number of hydrogen-bond acceptors (Lipinski definition) is 3. The van der Waals surface area contributed by atoms with E-state index in [1.165, 1.54) is 6.08 Å². The average Bonchev–Trinajstić information content (AvgIpc) is 2.60. The molecule has 0 amide bonds. The van der Waals surface area contributed by atoms with Crippen LogP contribution in [0.5, 0.6) is 0 Å². The fourth-order valence-corrected chi connectivity index (χ4v) is 2.35. The van der Waals surface area contributed by atoms with Crippen LogP contribution in [0.2, 0.25) is 0 Å². The Hall–Kier alpha value is -3.07. The van der Waals surface area contributed by atoms with Crippen LogP contribution in [0.25, 0.3) is 16.5 Å². The second-order valence-corrected chi connectivity index (χ2v) is 4.76. The van der Waals surface area contributed by atoms with Crippen molar-refractivity contribution in [1.29, 1.82) is 0 Å². The first kappa shape index (κ1) is 13.9. The summed E-state index contributed by atoms with van der Waals surface area (Å²) in [5, 5.41) is 1.05. The SMILES string of the molecule is C=CC(C=O)=C(c1ccccn1)c1ccc2ccccc2n1. The third-order valence-electron chi connectivity index (χ3n) is 3.41. The Morgan fingerprint density at radius 2 is 1.77 bits per heavy atom. The van der Waals surface area contributed by atoms with Crippen molar-refractivity contribution in [3.05, 3.63) is 90.4 Å². The standard InChI is InChI=1S/C19H14N2O/c1-2-14(13-22)19(17-9-5-6-12-20-17)18-11-10-15-7-3-4-8-16(15)21-18/h2-13H,1H2. The molecule has 3 aromatic rings. The lowest BCUT2D eigenvalue weighted by Crippen LogP contribution is -1.99. The van der Waals surface area contributed by atoms with E-state index in [0.717, 1.165) is 17.2 Å². The molecule has 0 fully saturated rings. The number of aldehydes is 1. The van der Waals surface area contributed by atoms with Crippen LogP contribution in [0.3, 0.4) is 0 Å². The first-order valence-corrected chi connectivity index (χ1v) is 6.93. The lowest BCUT2D eigenvalue weighted by molar-refractivity contribution is -0.104. The highest BCUT2D eigenvalue weighted by atomic mass is 16.1. The van der Waals surface area contributed by atoms with Crippen molar-refractivity contribution in [2.24, 2.45) is 0 Å². The van der Waals surface area contributed by atoms with Crippen molar-refractivity contribution in [2.45, 2.75) is 0 Å². The molecule has 3 nitrogen and oxygen atoms in total. The summed E-state index contributed by atoms with van der Waals surface area (Å²) in [7, 11) is 0. The minimum absolute atomic E-state index is 0.474. The summed E-state index contributed by atoms with van der Waals surface area (Å²) in [6, 6.07) is 17.3. The Morgan fingerprint density at radius 3 is 2.50 bits per heavy atom. The minimum atomic E-state index is 0.474. The van der Waals surface area contributed by atoms with Gasteiger partial charge in [0.25, 0.3) is 0 Å². The van der Waals surface area contributed by atoms with Gasteiger partial charge in [0.2, 0.25) is 0 Å². The maximum atomic E-state index is 11.4. The van der Waals surface area contributed by atoms with E-state index in [9.17, 15) is 4.79 Å². The molecule has 0 unspecified atom stereocenters. The van der Waals surface area contributed by atoms with E-state index in [-0.39, 0.29) is 0 Å². The number of fused-ring (bicyclic) bond motifs is 1. The predicted octanol–water partition coefficient (Wildman–Crippen LogP) is 3.82. The van der Waals surface area contributed by atoms with Crippen molar-refractivity contribution in [3.63, 3.8) is 0 Å². The molecule has 0 bridgehead atoms. The van der Waals surface area contributed by atoms with E-state index in [0.29, 0.717) is 22.5 Å². The number of benzene rings is 1. The summed E-state index contributed by atoms with van der Waals surface area (Å²) in [5.74, 6) is 0. The zero-order chi connectivity index (χ0) is 15.4. The molecule has 2 heterocycles. The predicted molar refractivity (Wildman–Crippen MR) is 88.3 cm³/mol. The van der Waals surface area contributed by atoms with E-state index in [1.54, 1.807) is 6.20 Å². The molecule has 3 heteroatoms. The quantitative estimate of drug-likeness (QED) is 0.416. The van der Waals surface area contributed by atoms with E-state index < -0.39 is 0 Å². The van der Waals surface area contributed by atoms with Crippen LogP contribution < -0.4 is 0 Å². The Balaban J connectivity index is 2.27. The highest BCUT2D eigenvalue weighted by Crippen LogP contribution is 2.25. The van der Waals surface area contributed by atoms with Gasteiger partial charge in [0, 0.05) is 22.7 Å². The van der Waals surface area contributed by atoms with Gasteiger partial charge in [-0.15, -0.1) is 0 Å². The van der Waals surface area contributed by atoms with Gasteiger partial charge >= 0.3 is 0 Å². The molecular weight excluding hydrogens is 272 g/mol. The summed E-state index contributed by atoms with van der Waals surface area (Å²) in [6.45, 7) is 3.72. The largest absolute Gasteiger partial charge is 0.298 e. The summed E-state index contributed by atoms with van der Waals surface area (Å²) in [5.41, 5.74) is 3.45. The van der Waals surface area contributed by atoms with E-state index in [1.807, 2.05) is 54.6 Å². The number of carbonyl (C=O) groups excluding carboxylic acids is 1. The second-order valence-electron chi connectivity index (χ2n) is 4.76. The van der Waals surface area contributed by atoms with E-state index >= 15 is 0 Å². The number of pyridine rings is 2. The number of para-hydroxylation sites is 1. The van der Waals surface area contributed by atoms with Gasteiger partial charge in [-0.05, 0) is 24.3 Å². The molecular formula is C19H14N2O. The zero-order valence-electron chi connectivity index (χ0n) is 11.9. The smallest absolute Gasteiger partial charge is 0.150 e. The van der Waals surface area contributed by atoms with Crippen molar-refractivity contribution < 1.29 is 4.79 Å². The molecule has 0 aliphatic carbocycles. The molecule has 1 aromatic carbocycles. The van der Waals surface area contributed by atoms with E-state index in [4.69, 9.17) is 0 Å². The van der Waals surface area contributed by atoms with Crippen molar-refractivity contribution >= 4 is 22.8 Å². The maximum Gasteiger partial charge on any atom is 0.150 e. The minimum Gasteiger partial charge on any atom is -0.298 e. The van der Waals surface area contributed by atoms with Crippen LogP contribution in [-0.2, 0) is 4.79 Å². The highest BCUT2D eigenvalue weighted by molar-refractivity contribution is 5.96. The van der Waals surface area contributed by atoms with Crippen LogP contribution in [0.1, 0.15) is 11.4 Å². The highest BCUT2D eigenvalue weighted by Gasteiger charge is 2.13. The van der Waals surface area contributed by atoms with Gasteiger partial charge in [0.15, 0.2) is 6.29 Å². The molecule has 0 atom stereocenters. The molecule has 0 spiro atoms. The summed E-state index contributed by atoms with van der Waals surface area (Å²) in [6.07, 6.45) is 4.02. The van der Waals surface area contributed by atoms with E-state index in [2.05, 4.69) is 16.5 Å². The fraction of sp³-hybridized carbons (Fsp3) is 0. The summed E-state index contributed by atoms with van der Waals surface area (Å²) < 4.78 is 0. The second kappa shape index (κ2) is 6.14. The molecule has 0 saturated carbocycles. The van der Waals surface area contributed by atoms with Crippen LogP contribution in [-0.4, -0.2) is 16.3 Å². The molecule has 0 N–H and O–H groups in total. The zero-order valence-corrected chi connectivity index (χ0v) is 11.9. The normalized spacial score (nSPS) is 11.8. The van der Waals surface area contributed by atoms with Gasteiger partial charge in [-0.25, -0.2) is 4.98 Å². The monoisotopic (exact) mass is 286 g/mol. The van der Waals surface area contributed by atoms with Gasteiger partial charge in [0.05, 0.1) is 16.9 Å². The lowest BCUT2D eigenvalue weighted by atomic mass is 10.0. The van der Waals surface area contributed by atoms with Crippen molar-refractivity contribution in [2.75, 3.05) is 0 Å². The van der Waals surface area contributed by atoms with Crippen molar-refractivity contribution in [1.82, 2.24) is 9.97 Å². The number of hydrogen-bond donors (Lipinski definition) is 0. The van der Waals surface area contributed by atoms with Gasteiger partial charge in [-0.1, -0.05) is 43.0 Å². The number of rotatable bonds is 4. The molecule has 0 saturated heterocycles. The third-order valence-corrected chi connectivity index (χ3v) is 3.41. The van der Waals surface area contributed by atoms with Crippen LogP contribution in [0.15, 0.2) is 79.0 Å². The number of carbonyl (C=O) groups is 1. The molecule has 0 aliphatic heterocycles. The molecule has 2 aromatic heterocycles. The molecule has 3 rings (SSSR count). The third kappa shape index (κ3) is 2.56. The van der Waals surface area contributed by atoms with Crippen LogP contribution in [0, 0.1) is 0 Å². The van der Waals surface area contributed by atoms with Gasteiger partial charge in [-0.2, -0.15) is 0 Å². The summed E-state index contributed by atoms with van der Waals surface area (Å²) >= 11 is 0. The van der Waals surface area contributed by atoms with Crippen LogP contribution in [0.4, 0.5) is 0 Å².